The lowest BCUT2D eigenvalue weighted by Crippen LogP contribution is -2.50. The molecule has 0 radical (unpaired) electrons. The van der Waals surface area contributed by atoms with Gasteiger partial charge in [0.15, 0.2) is 0 Å². The van der Waals surface area contributed by atoms with E-state index in [9.17, 15) is 4.79 Å². The third-order valence-corrected chi connectivity index (χ3v) is 5.28. The molecule has 1 amide bonds. The van der Waals surface area contributed by atoms with Crippen molar-refractivity contribution in [1.29, 1.82) is 0 Å². The smallest absolute Gasteiger partial charge is 0.223 e. The second-order valence-electron chi connectivity index (χ2n) is 6.74. The maximum atomic E-state index is 12.5. The molecule has 0 unspecified atom stereocenters. The highest BCUT2D eigenvalue weighted by atomic mass is 35.5. The van der Waals surface area contributed by atoms with Crippen LogP contribution in [-0.4, -0.2) is 86.6 Å². The quantitative estimate of drug-likeness (QED) is 0.825. The van der Waals surface area contributed by atoms with E-state index in [4.69, 9.17) is 11.6 Å². The summed E-state index contributed by atoms with van der Waals surface area (Å²) in [4.78, 5) is 21.5. The number of carbonyl (C=O) groups excluding carboxylic acids is 1. The highest BCUT2D eigenvalue weighted by Crippen LogP contribution is 2.21. The molecule has 1 aromatic carbocycles. The molecule has 2 heterocycles. The molecule has 2 aliphatic heterocycles. The third-order valence-electron chi connectivity index (χ3n) is 5.04. The zero-order valence-corrected chi connectivity index (χ0v) is 15.2. The molecule has 0 bridgehead atoms. The van der Waals surface area contributed by atoms with Crippen LogP contribution >= 0.6 is 11.6 Å². The molecule has 0 aromatic heterocycles. The third kappa shape index (κ3) is 4.62. The number of benzene rings is 1. The average Bonchev–Trinajstić information content (AvgIpc) is 2.61. The van der Waals surface area contributed by atoms with E-state index in [-0.39, 0.29) is 0 Å². The van der Waals surface area contributed by atoms with E-state index in [2.05, 4.69) is 27.8 Å². The van der Waals surface area contributed by atoms with E-state index in [0.29, 0.717) is 12.3 Å². The molecule has 24 heavy (non-hydrogen) atoms. The maximum absolute atomic E-state index is 12.5. The molecule has 2 fully saturated rings. The van der Waals surface area contributed by atoms with Crippen molar-refractivity contribution in [3.8, 4) is 0 Å². The van der Waals surface area contributed by atoms with Crippen LogP contribution in [0.3, 0.4) is 0 Å². The van der Waals surface area contributed by atoms with Gasteiger partial charge in [-0.3, -0.25) is 4.79 Å². The first-order valence-corrected chi connectivity index (χ1v) is 9.19. The Morgan fingerprint density at radius 1 is 1.04 bits per heavy atom. The van der Waals surface area contributed by atoms with Gasteiger partial charge in [-0.25, -0.2) is 0 Å². The predicted molar refractivity (Wildman–Crippen MR) is 98.8 cm³/mol. The summed E-state index contributed by atoms with van der Waals surface area (Å²) in [7, 11) is 2.15. The zero-order chi connectivity index (χ0) is 16.9. The van der Waals surface area contributed by atoms with Crippen molar-refractivity contribution in [2.24, 2.45) is 0 Å². The lowest BCUT2D eigenvalue weighted by Gasteiger charge is -2.37. The molecule has 0 saturated carbocycles. The normalized spacial score (nSPS) is 20.4. The van der Waals surface area contributed by atoms with Crippen LogP contribution in [0, 0.1) is 0 Å². The summed E-state index contributed by atoms with van der Waals surface area (Å²) in [6.07, 6.45) is 0.640. The van der Waals surface area contributed by atoms with Crippen molar-refractivity contribution in [2.75, 3.05) is 70.9 Å². The van der Waals surface area contributed by atoms with Gasteiger partial charge in [0.2, 0.25) is 5.91 Å². The van der Waals surface area contributed by atoms with Gasteiger partial charge in [0.25, 0.3) is 0 Å². The number of amides is 1. The van der Waals surface area contributed by atoms with Gasteiger partial charge in [-0.15, -0.1) is 0 Å². The largest absolute Gasteiger partial charge is 0.368 e. The molecule has 0 aliphatic carbocycles. The number of hydrogen-bond acceptors (Lipinski definition) is 4. The topological polar surface area (TPSA) is 30.0 Å². The van der Waals surface area contributed by atoms with E-state index in [1.807, 2.05) is 23.1 Å². The van der Waals surface area contributed by atoms with Gasteiger partial charge in [-0.2, -0.15) is 0 Å². The molecule has 0 N–H and O–H groups in total. The number of nitrogens with zero attached hydrogens (tertiary/aromatic N) is 4. The molecule has 132 valence electrons. The number of piperazine rings is 2. The second kappa shape index (κ2) is 8.19. The van der Waals surface area contributed by atoms with Gasteiger partial charge in [0.1, 0.15) is 0 Å². The summed E-state index contributed by atoms with van der Waals surface area (Å²) >= 11 is 6.07. The molecule has 3 rings (SSSR count). The fraction of sp³-hybridized carbons (Fsp3) is 0.611. The Hall–Kier alpha value is -1.30. The second-order valence-corrected chi connectivity index (χ2v) is 7.18. The minimum absolute atomic E-state index is 0.291. The molecule has 2 aliphatic rings. The summed E-state index contributed by atoms with van der Waals surface area (Å²) in [6, 6.07) is 7.94. The van der Waals surface area contributed by atoms with Crippen molar-refractivity contribution in [1.82, 2.24) is 14.7 Å². The number of likely N-dealkylation sites (N-methyl/N-ethyl adjacent to an activating group) is 1. The van der Waals surface area contributed by atoms with Crippen LogP contribution in [0.25, 0.3) is 0 Å². The van der Waals surface area contributed by atoms with Crippen LogP contribution in [0.15, 0.2) is 24.3 Å². The van der Waals surface area contributed by atoms with Gasteiger partial charge in [0.05, 0.1) is 0 Å². The Morgan fingerprint density at radius 2 is 1.75 bits per heavy atom. The minimum atomic E-state index is 0.291. The van der Waals surface area contributed by atoms with Crippen molar-refractivity contribution >= 4 is 23.2 Å². The Morgan fingerprint density at radius 3 is 2.42 bits per heavy atom. The van der Waals surface area contributed by atoms with Crippen molar-refractivity contribution in [2.45, 2.75) is 6.42 Å². The van der Waals surface area contributed by atoms with Crippen LogP contribution < -0.4 is 4.90 Å². The van der Waals surface area contributed by atoms with Gasteiger partial charge in [-0.1, -0.05) is 17.7 Å². The standard InChI is InChI=1S/C18H27ClN4O/c1-20-7-9-21(10-8-20)6-5-18(24)23-13-11-22(12-14-23)17-4-2-3-16(19)15-17/h2-4,15H,5-14H2,1H3. The van der Waals surface area contributed by atoms with E-state index in [0.717, 1.165) is 69.6 Å². The lowest BCUT2D eigenvalue weighted by atomic mass is 10.2. The van der Waals surface area contributed by atoms with Crippen LogP contribution in [0.4, 0.5) is 5.69 Å². The van der Waals surface area contributed by atoms with Crippen LogP contribution in [0.5, 0.6) is 0 Å². The van der Waals surface area contributed by atoms with Crippen molar-refractivity contribution in [3.05, 3.63) is 29.3 Å². The first-order valence-electron chi connectivity index (χ1n) is 8.81. The summed E-state index contributed by atoms with van der Waals surface area (Å²) in [5.74, 6) is 0.291. The molecule has 6 heteroatoms. The number of halogens is 1. The van der Waals surface area contributed by atoms with Gasteiger partial charge >= 0.3 is 0 Å². The summed E-state index contributed by atoms with van der Waals surface area (Å²) in [6.45, 7) is 8.60. The Labute approximate surface area is 149 Å². The Balaban J connectivity index is 1.42. The fourth-order valence-corrected chi connectivity index (χ4v) is 3.55. The first kappa shape index (κ1) is 17.5. The maximum Gasteiger partial charge on any atom is 0.223 e. The van der Waals surface area contributed by atoms with Gasteiger partial charge in [0, 0.05) is 76.0 Å². The number of anilines is 1. The average molecular weight is 351 g/mol. The molecule has 0 spiro atoms. The number of hydrogen-bond donors (Lipinski definition) is 0. The van der Waals surface area contributed by atoms with Crippen LogP contribution in [0.2, 0.25) is 5.02 Å². The summed E-state index contributed by atoms with van der Waals surface area (Å²) in [5, 5.41) is 0.762. The van der Waals surface area contributed by atoms with Crippen LogP contribution in [-0.2, 0) is 4.79 Å². The van der Waals surface area contributed by atoms with Gasteiger partial charge < -0.3 is 19.6 Å². The molecular formula is C18H27ClN4O. The van der Waals surface area contributed by atoms with E-state index >= 15 is 0 Å². The van der Waals surface area contributed by atoms with Gasteiger partial charge in [-0.05, 0) is 25.2 Å². The van der Waals surface area contributed by atoms with E-state index < -0.39 is 0 Å². The highest BCUT2D eigenvalue weighted by molar-refractivity contribution is 6.30. The fourth-order valence-electron chi connectivity index (χ4n) is 3.37. The molecule has 0 atom stereocenters. The summed E-state index contributed by atoms with van der Waals surface area (Å²) < 4.78 is 0. The Bertz CT molecular complexity index is 552. The first-order chi connectivity index (χ1) is 11.6. The monoisotopic (exact) mass is 350 g/mol. The molecule has 1 aromatic rings. The summed E-state index contributed by atoms with van der Waals surface area (Å²) in [5.41, 5.74) is 1.15. The number of rotatable bonds is 4. The van der Waals surface area contributed by atoms with E-state index in [1.165, 1.54) is 0 Å². The highest BCUT2D eigenvalue weighted by Gasteiger charge is 2.22. The van der Waals surface area contributed by atoms with Crippen molar-refractivity contribution in [3.63, 3.8) is 0 Å². The van der Waals surface area contributed by atoms with Crippen molar-refractivity contribution < 1.29 is 4.79 Å². The number of carbonyl (C=O) groups is 1. The SMILES string of the molecule is CN1CCN(CCC(=O)N2CCN(c3cccc(Cl)c3)CC2)CC1. The Kier molecular flexibility index (Phi) is 5.98. The minimum Gasteiger partial charge on any atom is -0.368 e. The lowest BCUT2D eigenvalue weighted by molar-refractivity contribution is -0.131. The van der Waals surface area contributed by atoms with E-state index in [1.54, 1.807) is 0 Å². The molecule has 2 saturated heterocycles. The van der Waals surface area contributed by atoms with Crippen LogP contribution in [0.1, 0.15) is 6.42 Å². The molecular weight excluding hydrogens is 324 g/mol. The predicted octanol–water partition coefficient (Wildman–Crippen LogP) is 1.63. The zero-order valence-electron chi connectivity index (χ0n) is 14.5. The molecule has 5 nitrogen and oxygen atoms in total.